The van der Waals surface area contributed by atoms with E-state index >= 15 is 0 Å². The Morgan fingerprint density at radius 1 is 1.33 bits per heavy atom. The first-order valence-electron chi connectivity index (χ1n) is 6.34. The van der Waals surface area contributed by atoms with E-state index in [4.69, 9.17) is 22.7 Å². The van der Waals surface area contributed by atoms with E-state index in [0.29, 0.717) is 26.3 Å². The molecule has 1 saturated heterocycles. The maximum atomic E-state index is 12.3. The third-order valence-corrected chi connectivity index (χ3v) is 3.60. The summed E-state index contributed by atoms with van der Waals surface area (Å²) in [6.45, 7) is 2.05. The fourth-order valence-corrected chi connectivity index (χ4v) is 2.17. The lowest BCUT2D eigenvalue weighted by molar-refractivity contribution is -0.127. The minimum absolute atomic E-state index is 0.0314. The maximum absolute atomic E-state index is 12.3. The van der Waals surface area contributed by atoms with Crippen LogP contribution in [0.2, 0.25) is 0 Å². The average molecular weight is 371 g/mol. The molecule has 6 nitrogen and oxygen atoms in total. The van der Waals surface area contributed by atoms with E-state index in [1.807, 2.05) is 24.3 Å². The van der Waals surface area contributed by atoms with Gasteiger partial charge in [0, 0.05) is 17.6 Å². The number of nitrogens with zero attached hydrogens (tertiary/aromatic N) is 2. The zero-order valence-corrected chi connectivity index (χ0v) is 13.6. The van der Waals surface area contributed by atoms with Gasteiger partial charge >= 0.3 is 0 Å². The molecule has 3 N–H and O–H groups in total. The molecule has 0 saturated carbocycles. The molecule has 0 aromatic heterocycles. The molecule has 112 valence electrons. The number of thiocarbonyl (C=S) groups is 1. The van der Waals surface area contributed by atoms with Crippen LogP contribution in [0.1, 0.15) is 0 Å². The smallest absolute Gasteiger partial charge is 0.277 e. The number of carbonyl (C=O) groups is 1. The molecule has 0 radical (unpaired) electrons. The van der Waals surface area contributed by atoms with Gasteiger partial charge in [0.1, 0.15) is 4.99 Å². The number of halogens is 1. The molecule has 0 bridgehead atoms. The molecule has 0 aliphatic carbocycles. The van der Waals surface area contributed by atoms with Crippen LogP contribution in [0.4, 0.5) is 5.69 Å². The van der Waals surface area contributed by atoms with Gasteiger partial charge in [0.25, 0.3) is 5.91 Å². The van der Waals surface area contributed by atoms with Crippen molar-refractivity contribution in [2.75, 3.05) is 31.7 Å². The van der Waals surface area contributed by atoms with Crippen molar-refractivity contribution in [3.8, 4) is 0 Å². The molecule has 1 amide bonds. The summed E-state index contributed by atoms with van der Waals surface area (Å²) in [7, 11) is 0. The van der Waals surface area contributed by atoms with E-state index in [-0.39, 0.29) is 16.6 Å². The summed E-state index contributed by atoms with van der Waals surface area (Å²) < 4.78 is 6.17. The fraction of sp³-hybridized carbons (Fsp3) is 0.308. The average Bonchev–Trinajstić information content (AvgIpc) is 2.49. The highest BCUT2D eigenvalue weighted by Gasteiger charge is 2.23. The topological polar surface area (TPSA) is 79.9 Å². The summed E-state index contributed by atoms with van der Waals surface area (Å²) in [6, 6.07) is 7.37. The number of nitrogens with one attached hydrogen (secondary N) is 1. The van der Waals surface area contributed by atoms with Gasteiger partial charge in [-0.05, 0) is 24.3 Å². The summed E-state index contributed by atoms with van der Waals surface area (Å²) >= 11 is 8.27. The number of benzene rings is 1. The molecule has 1 heterocycles. The van der Waals surface area contributed by atoms with E-state index in [1.54, 1.807) is 4.90 Å². The van der Waals surface area contributed by atoms with Crippen molar-refractivity contribution < 1.29 is 9.53 Å². The van der Waals surface area contributed by atoms with E-state index in [1.165, 1.54) is 0 Å². The van der Waals surface area contributed by atoms with Gasteiger partial charge in [-0.15, -0.1) is 0 Å². The summed E-state index contributed by atoms with van der Waals surface area (Å²) in [6.07, 6.45) is 0. The molecule has 0 atom stereocenters. The SMILES string of the molecule is NC(=S)/C(=N\Nc1ccc(Br)cc1)C(=O)N1CCOCC1. The van der Waals surface area contributed by atoms with Crippen molar-refractivity contribution >= 4 is 50.4 Å². The molecule has 0 unspecified atom stereocenters. The van der Waals surface area contributed by atoms with Gasteiger partial charge in [0.05, 0.1) is 18.9 Å². The number of hydrogen-bond donors (Lipinski definition) is 2. The van der Waals surface area contributed by atoms with Crippen LogP contribution < -0.4 is 11.2 Å². The first-order chi connectivity index (χ1) is 10.1. The van der Waals surface area contributed by atoms with Gasteiger partial charge in [-0.2, -0.15) is 5.10 Å². The quantitative estimate of drug-likeness (QED) is 0.475. The summed E-state index contributed by atoms with van der Waals surface area (Å²) in [5.41, 5.74) is 9.19. The number of carbonyl (C=O) groups excluding carboxylic acids is 1. The molecule has 1 aromatic carbocycles. The number of morpholine rings is 1. The number of hydrogen-bond acceptors (Lipinski definition) is 5. The van der Waals surface area contributed by atoms with Crippen molar-refractivity contribution in [3.63, 3.8) is 0 Å². The lowest BCUT2D eigenvalue weighted by Crippen LogP contribution is -2.47. The fourth-order valence-electron chi connectivity index (χ4n) is 1.77. The second-order valence-electron chi connectivity index (χ2n) is 4.35. The van der Waals surface area contributed by atoms with Crippen molar-refractivity contribution in [3.05, 3.63) is 28.7 Å². The number of anilines is 1. The van der Waals surface area contributed by atoms with Crippen LogP contribution in [0.25, 0.3) is 0 Å². The second-order valence-corrected chi connectivity index (χ2v) is 5.70. The maximum Gasteiger partial charge on any atom is 0.277 e. The zero-order valence-electron chi connectivity index (χ0n) is 11.2. The van der Waals surface area contributed by atoms with Crippen LogP contribution >= 0.6 is 28.1 Å². The Morgan fingerprint density at radius 3 is 2.52 bits per heavy atom. The van der Waals surface area contributed by atoms with Gasteiger partial charge in [-0.3, -0.25) is 10.2 Å². The minimum atomic E-state index is -0.282. The molecule has 1 fully saturated rings. The van der Waals surface area contributed by atoms with Crippen molar-refractivity contribution in [2.24, 2.45) is 10.8 Å². The van der Waals surface area contributed by atoms with Crippen molar-refractivity contribution in [1.29, 1.82) is 0 Å². The van der Waals surface area contributed by atoms with Gasteiger partial charge in [0.15, 0.2) is 5.71 Å². The van der Waals surface area contributed by atoms with E-state index < -0.39 is 0 Å². The van der Waals surface area contributed by atoms with Gasteiger partial charge in [-0.1, -0.05) is 28.1 Å². The molecule has 8 heteroatoms. The molecule has 21 heavy (non-hydrogen) atoms. The highest BCUT2D eigenvalue weighted by Crippen LogP contribution is 2.14. The third-order valence-electron chi connectivity index (χ3n) is 2.88. The van der Waals surface area contributed by atoms with Gasteiger partial charge in [-0.25, -0.2) is 0 Å². The predicted molar refractivity (Wildman–Crippen MR) is 89.4 cm³/mol. The van der Waals surface area contributed by atoms with Gasteiger partial charge in [0.2, 0.25) is 0 Å². The van der Waals surface area contributed by atoms with Crippen LogP contribution in [-0.2, 0) is 9.53 Å². The minimum Gasteiger partial charge on any atom is -0.388 e. The standard InChI is InChI=1S/C13H15BrN4O2S/c14-9-1-3-10(4-2-9)16-17-11(12(15)21)13(19)18-5-7-20-8-6-18/h1-4,16H,5-8H2,(H2,15,21)/b17-11+. The summed E-state index contributed by atoms with van der Waals surface area (Å²) in [5.74, 6) is -0.282. The van der Waals surface area contributed by atoms with Gasteiger partial charge < -0.3 is 15.4 Å². The predicted octanol–water partition coefficient (Wildman–Crippen LogP) is 1.36. The van der Waals surface area contributed by atoms with Crippen molar-refractivity contribution in [2.45, 2.75) is 0 Å². The zero-order chi connectivity index (χ0) is 15.2. The number of rotatable bonds is 4. The van der Waals surface area contributed by atoms with E-state index in [9.17, 15) is 4.79 Å². The third kappa shape index (κ3) is 4.48. The monoisotopic (exact) mass is 370 g/mol. The molecule has 2 rings (SSSR count). The molecular formula is C13H15BrN4O2S. The molecule has 1 aromatic rings. The largest absolute Gasteiger partial charge is 0.388 e. The second kappa shape index (κ2) is 7.48. The lowest BCUT2D eigenvalue weighted by Gasteiger charge is -2.26. The first-order valence-corrected chi connectivity index (χ1v) is 7.54. The highest BCUT2D eigenvalue weighted by atomic mass is 79.9. The molecule has 0 spiro atoms. The van der Waals surface area contributed by atoms with E-state index in [0.717, 1.165) is 10.2 Å². The van der Waals surface area contributed by atoms with Crippen LogP contribution in [0, 0.1) is 0 Å². The number of amides is 1. The van der Waals surface area contributed by atoms with E-state index in [2.05, 4.69) is 26.5 Å². The Morgan fingerprint density at radius 2 is 1.95 bits per heavy atom. The van der Waals surface area contributed by atoms with Crippen LogP contribution in [0.15, 0.2) is 33.8 Å². The Balaban J connectivity index is 2.10. The summed E-state index contributed by atoms with van der Waals surface area (Å²) in [4.78, 5) is 13.9. The Labute approximate surface area is 136 Å². The number of ether oxygens (including phenoxy) is 1. The van der Waals surface area contributed by atoms with Crippen LogP contribution in [-0.4, -0.2) is 47.8 Å². The Kier molecular flexibility index (Phi) is 5.66. The molecule has 1 aliphatic rings. The summed E-state index contributed by atoms with van der Waals surface area (Å²) in [5, 5.41) is 4.05. The molecule has 1 aliphatic heterocycles. The molecular weight excluding hydrogens is 356 g/mol. The lowest BCUT2D eigenvalue weighted by atomic mass is 10.3. The number of hydrazone groups is 1. The first kappa shape index (κ1) is 15.9. The highest BCUT2D eigenvalue weighted by molar-refractivity contribution is 9.10. The van der Waals surface area contributed by atoms with Crippen LogP contribution in [0.5, 0.6) is 0 Å². The number of nitrogens with two attached hydrogens (primary N) is 1. The van der Waals surface area contributed by atoms with Crippen molar-refractivity contribution in [1.82, 2.24) is 4.90 Å². The van der Waals surface area contributed by atoms with Crippen LogP contribution in [0.3, 0.4) is 0 Å². The Hall–Kier alpha value is -1.51. The Bertz CT molecular complexity index is 556. The normalized spacial score (nSPS) is 15.7.